The van der Waals surface area contributed by atoms with E-state index in [0.29, 0.717) is 0 Å². The summed E-state index contributed by atoms with van der Waals surface area (Å²) in [6, 6.07) is 18.8. The molecule has 0 bridgehead atoms. The number of nitrogens with zero attached hydrogens (tertiary/aromatic N) is 1. The Bertz CT molecular complexity index is 1570. The highest BCUT2D eigenvalue weighted by molar-refractivity contribution is 5.93. The summed E-state index contributed by atoms with van der Waals surface area (Å²) in [6.45, 7) is 5.12. The lowest BCUT2D eigenvalue weighted by molar-refractivity contribution is -0.137. The van der Waals surface area contributed by atoms with Gasteiger partial charge in [0.15, 0.2) is 0 Å². The maximum absolute atomic E-state index is 15.1. The van der Waals surface area contributed by atoms with Gasteiger partial charge < -0.3 is 19.9 Å². The number of nitrogens with one attached hydrogen (secondary N) is 1. The molecule has 1 aliphatic carbocycles. The van der Waals surface area contributed by atoms with Crippen molar-refractivity contribution < 1.29 is 33.4 Å². The van der Waals surface area contributed by atoms with E-state index < -0.39 is 42.0 Å². The van der Waals surface area contributed by atoms with Crippen molar-refractivity contribution in [2.24, 2.45) is 0 Å². The molecule has 0 saturated carbocycles. The van der Waals surface area contributed by atoms with E-state index in [1.165, 1.54) is 24.4 Å². The average Bonchev–Trinajstić information content (AvgIpc) is 3.43. The molecular formula is C31H29FN2O6. The summed E-state index contributed by atoms with van der Waals surface area (Å²) in [6.07, 6.45) is -0.877. The molecule has 1 heterocycles. The van der Waals surface area contributed by atoms with Gasteiger partial charge in [0.25, 0.3) is 0 Å². The van der Waals surface area contributed by atoms with Crippen molar-refractivity contribution in [1.82, 2.24) is 9.88 Å². The summed E-state index contributed by atoms with van der Waals surface area (Å²) in [7, 11) is 0. The van der Waals surface area contributed by atoms with Crippen LogP contribution in [0.4, 0.5) is 14.0 Å². The number of carboxylic acids is 1. The quantitative estimate of drug-likeness (QED) is 0.283. The van der Waals surface area contributed by atoms with Crippen LogP contribution >= 0.6 is 0 Å². The summed E-state index contributed by atoms with van der Waals surface area (Å²) in [5, 5.41) is 12.2. The van der Waals surface area contributed by atoms with E-state index in [9.17, 15) is 19.5 Å². The number of aromatic nitrogens is 1. The normalized spacial score (nSPS) is 13.4. The van der Waals surface area contributed by atoms with Crippen molar-refractivity contribution in [3.05, 3.63) is 95.4 Å². The van der Waals surface area contributed by atoms with Crippen molar-refractivity contribution in [3.63, 3.8) is 0 Å². The van der Waals surface area contributed by atoms with E-state index in [1.807, 2.05) is 48.5 Å². The fraction of sp³-hybridized carbons (Fsp3) is 0.258. The van der Waals surface area contributed by atoms with Crippen molar-refractivity contribution in [2.45, 2.75) is 44.8 Å². The molecule has 4 aromatic rings. The third kappa shape index (κ3) is 5.27. The number of rotatable bonds is 6. The number of hydrogen-bond donors (Lipinski definition) is 2. The largest absolute Gasteiger partial charge is 0.481 e. The molecule has 40 heavy (non-hydrogen) atoms. The van der Waals surface area contributed by atoms with Gasteiger partial charge in [-0.25, -0.2) is 14.0 Å². The highest BCUT2D eigenvalue weighted by atomic mass is 19.1. The average molecular weight is 545 g/mol. The maximum atomic E-state index is 15.1. The molecule has 206 valence electrons. The minimum atomic E-state index is -1.22. The Morgan fingerprint density at radius 2 is 1.60 bits per heavy atom. The van der Waals surface area contributed by atoms with Gasteiger partial charge in [-0.15, -0.1) is 0 Å². The Hall–Kier alpha value is -4.66. The number of carboxylic acid groups (broad SMARTS) is 1. The number of carbonyl (C=O) groups excluding carboxylic acids is 2. The lowest BCUT2D eigenvalue weighted by Crippen LogP contribution is -2.32. The van der Waals surface area contributed by atoms with E-state index in [2.05, 4.69) is 5.32 Å². The topological polar surface area (TPSA) is 107 Å². The summed E-state index contributed by atoms with van der Waals surface area (Å²) in [5.74, 6) is -2.08. The fourth-order valence-electron chi connectivity index (χ4n) is 5.19. The van der Waals surface area contributed by atoms with Crippen LogP contribution in [0.2, 0.25) is 0 Å². The van der Waals surface area contributed by atoms with Crippen molar-refractivity contribution >= 4 is 29.1 Å². The van der Waals surface area contributed by atoms with E-state index in [0.717, 1.165) is 26.8 Å². The van der Waals surface area contributed by atoms with Crippen molar-refractivity contribution in [1.29, 1.82) is 0 Å². The molecule has 1 aliphatic rings. The van der Waals surface area contributed by atoms with Crippen LogP contribution in [0.1, 0.15) is 55.8 Å². The number of carbonyl (C=O) groups is 3. The lowest BCUT2D eigenvalue weighted by atomic mass is 9.98. The third-order valence-corrected chi connectivity index (χ3v) is 6.79. The molecule has 0 spiro atoms. The molecule has 0 aliphatic heterocycles. The molecule has 9 heteroatoms. The smallest absolute Gasteiger partial charge is 0.419 e. The Balaban J connectivity index is 1.42. The van der Waals surface area contributed by atoms with Crippen molar-refractivity contribution in [2.75, 3.05) is 6.61 Å². The molecule has 1 aromatic heterocycles. The van der Waals surface area contributed by atoms with Gasteiger partial charge in [-0.1, -0.05) is 54.6 Å². The number of hydrogen-bond acceptors (Lipinski definition) is 5. The standard InChI is InChI=1S/C31H29FN2O6/c1-31(2,3)40-30(38)34-16-22(28-24(32)13-8-14-26(28)34)25(15-27(35)36)33-29(37)39-17-23-20-11-6-4-9-18(20)19-10-5-7-12-21(19)23/h4-14,16,23,25H,15,17H2,1-3H3,(H,33,37)(H,35,36)/t25-/m0/s1. The summed E-state index contributed by atoms with van der Waals surface area (Å²) >= 11 is 0. The molecule has 0 fully saturated rings. The first-order valence-corrected chi connectivity index (χ1v) is 12.9. The second-order valence-electron chi connectivity index (χ2n) is 10.7. The van der Waals surface area contributed by atoms with Crippen LogP contribution in [-0.4, -0.2) is 40.0 Å². The van der Waals surface area contributed by atoms with Gasteiger partial charge >= 0.3 is 18.2 Å². The number of aliphatic carboxylic acids is 1. The van der Waals surface area contributed by atoms with Crippen LogP contribution in [0.5, 0.6) is 0 Å². The van der Waals surface area contributed by atoms with Gasteiger partial charge in [0.1, 0.15) is 18.0 Å². The van der Waals surface area contributed by atoms with Gasteiger partial charge in [-0.3, -0.25) is 9.36 Å². The molecule has 0 radical (unpaired) electrons. The summed E-state index contributed by atoms with van der Waals surface area (Å²) in [4.78, 5) is 37.7. The van der Waals surface area contributed by atoms with Gasteiger partial charge in [-0.05, 0) is 55.2 Å². The second-order valence-corrected chi connectivity index (χ2v) is 10.7. The van der Waals surface area contributed by atoms with E-state index >= 15 is 4.39 Å². The lowest BCUT2D eigenvalue weighted by Gasteiger charge is -2.20. The fourth-order valence-corrected chi connectivity index (χ4v) is 5.19. The Labute approximate surface area is 230 Å². The molecule has 0 saturated heterocycles. The maximum Gasteiger partial charge on any atom is 0.419 e. The van der Waals surface area contributed by atoms with Crippen LogP contribution < -0.4 is 5.32 Å². The van der Waals surface area contributed by atoms with Gasteiger partial charge in [-0.2, -0.15) is 0 Å². The van der Waals surface area contributed by atoms with E-state index in [4.69, 9.17) is 9.47 Å². The zero-order valence-corrected chi connectivity index (χ0v) is 22.3. The van der Waals surface area contributed by atoms with Gasteiger partial charge in [0.2, 0.25) is 0 Å². The first kappa shape index (κ1) is 26.9. The highest BCUT2D eigenvalue weighted by Crippen LogP contribution is 2.44. The molecule has 3 aromatic carbocycles. The summed E-state index contributed by atoms with van der Waals surface area (Å²) < 4.78 is 27.2. The Kier molecular flexibility index (Phi) is 7.06. The highest BCUT2D eigenvalue weighted by Gasteiger charge is 2.31. The van der Waals surface area contributed by atoms with Crippen molar-refractivity contribution in [3.8, 4) is 11.1 Å². The van der Waals surface area contributed by atoms with Crippen LogP contribution in [0.25, 0.3) is 22.0 Å². The number of amides is 1. The van der Waals surface area contributed by atoms with Crippen LogP contribution in [0, 0.1) is 5.82 Å². The molecule has 1 atom stereocenters. The number of benzene rings is 3. The molecule has 0 unspecified atom stereocenters. The van der Waals surface area contributed by atoms with Crippen LogP contribution in [0.3, 0.4) is 0 Å². The predicted octanol–water partition coefficient (Wildman–Crippen LogP) is 6.62. The zero-order valence-electron chi connectivity index (χ0n) is 22.3. The minimum Gasteiger partial charge on any atom is -0.481 e. The summed E-state index contributed by atoms with van der Waals surface area (Å²) in [5.41, 5.74) is 3.69. The van der Waals surface area contributed by atoms with Crippen LogP contribution in [0.15, 0.2) is 72.9 Å². The van der Waals surface area contributed by atoms with E-state index in [1.54, 1.807) is 20.8 Å². The number of fused-ring (bicyclic) bond motifs is 4. The second kappa shape index (κ2) is 10.5. The molecule has 1 amide bonds. The third-order valence-electron chi connectivity index (χ3n) is 6.79. The predicted molar refractivity (Wildman–Crippen MR) is 147 cm³/mol. The number of halogens is 1. The molecule has 2 N–H and O–H groups in total. The molecular weight excluding hydrogens is 515 g/mol. The molecule has 8 nitrogen and oxygen atoms in total. The van der Waals surface area contributed by atoms with E-state index in [-0.39, 0.29) is 29.0 Å². The van der Waals surface area contributed by atoms with Gasteiger partial charge in [0, 0.05) is 23.1 Å². The molecule has 5 rings (SSSR count). The Morgan fingerprint density at radius 3 is 2.20 bits per heavy atom. The minimum absolute atomic E-state index is 0.0126. The SMILES string of the molecule is CC(C)(C)OC(=O)n1cc([C@H](CC(=O)O)NC(=O)OCC2c3ccccc3-c3ccccc32)c2c(F)cccc21. The Morgan fingerprint density at radius 1 is 0.975 bits per heavy atom. The van der Waals surface area contributed by atoms with Gasteiger partial charge in [0.05, 0.1) is 18.0 Å². The first-order valence-electron chi connectivity index (χ1n) is 12.9. The first-order chi connectivity index (χ1) is 19.0. The zero-order chi connectivity index (χ0) is 28.6. The number of alkyl carbamates (subject to hydrolysis) is 1. The number of ether oxygens (including phenoxy) is 2. The monoisotopic (exact) mass is 544 g/mol. The van der Waals surface area contributed by atoms with Crippen LogP contribution in [-0.2, 0) is 14.3 Å².